The summed E-state index contributed by atoms with van der Waals surface area (Å²) in [5, 5.41) is 3.67. The molecule has 1 atom stereocenters. The van der Waals surface area contributed by atoms with Crippen molar-refractivity contribution in [2.24, 2.45) is 0 Å². The molecule has 1 aliphatic heterocycles. The van der Waals surface area contributed by atoms with Crippen molar-refractivity contribution < 1.29 is 0 Å². The van der Waals surface area contributed by atoms with E-state index in [0.29, 0.717) is 6.04 Å². The number of hydrogen-bond acceptors (Lipinski definition) is 2. The van der Waals surface area contributed by atoms with Crippen LogP contribution >= 0.6 is 0 Å². The quantitative estimate of drug-likeness (QED) is 0.878. The second-order valence-corrected chi connectivity index (χ2v) is 5.45. The van der Waals surface area contributed by atoms with E-state index >= 15 is 0 Å². The molecule has 100 valence electrons. The smallest absolute Gasteiger partial charge is 0.0237 e. The van der Waals surface area contributed by atoms with Gasteiger partial charge in [0.25, 0.3) is 0 Å². The molecule has 1 unspecified atom stereocenters. The van der Waals surface area contributed by atoms with E-state index < -0.39 is 0 Å². The molecule has 0 aliphatic carbocycles. The average molecular weight is 246 g/mol. The van der Waals surface area contributed by atoms with E-state index in [0.717, 1.165) is 6.54 Å². The van der Waals surface area contributed by atoms with Crippen molar-refractivity contribution in [3.8, 4) is 0 Å². The van der Waals surface area contributed by atoms with E-state index in [9.17, 15) is 0 Å². The highest BCUT2D eigenvalue weighted by Crippen LogP contribution is 2.13. The van der Waals surface area contributed by atoms with Crippen molar-refractivity contribution in [2.45, 2.75) is 45.7 Å². The molecule has 0 amide bonds. The molecule has 0 radical (unpaired) electrons. The summed E-state index contributed by atoms with van der Waals surface area (Å²) in [5.74, 6) is 0. The van der Waals surface area contributed by atoms with Gasteiger partial charge in [0.2, 0.25) is 0 Å². The molecular formula is C16H26N2. The van der Waals surface area contributed by atoms with Gasteiger partial charge in [-0.25, -0.2) is 0 Å². The van der Waals surface area contributed by atoms with Crippen LogP contribution in [-0.4, -0.2) is 30.6 Å². The minimum absolute atomic E-state index is 0.682. The third-order valence-electron chi connectivity index (χ3n) is 3.86. The molecule has 1 aliphatic rings. The maximum atomic E-state index is 3.67. The fourth-order valence-corrected chi connectivity index (χ4v) is 2.79. The first-order chi connectivity index (χ1) is 8.79. The summed E-state index contributed by atoms with van der Waals surface area (Å²) in [5.41, 5.74) is 2.90. The summed E-state index contributed by atoms with van der Waals surface area (Å²) in [4.78, 5) is 2.61. The van der Waals surface area contributed by atoms with E-state index in [1.165, 1.54) is 50.0 Å². The maximum Gasteiger partial charge on any atom is 0.0237 e. The Kier molecular flexibility index (Phi) is 5.21. The lowest BCUT2D eigenvalue weighted by Gasteiger charge is -2.24. The van der Waals surface area contributed by atoms with Gasteiger partial charge in [-0.1, -0.05) is 37.6 Å². The average Bonchev–Trinajstić information content (AvgIpc) is 2.58. The topological polar surface area (TPSA) is 15.3 Å². The van der Waals surface area contributed by atoms with E-state index in [2.05, 4.69) is 48.3 Å². The molecule has 0 bridgehead atoms. The first-order valence-electron chi connectivity index (χ1n) is 7.30. The summed E-state index contributed by atoms with van der Waals surface area (Å²) < 4.78 is 0. The molecule has 2 heteroatoms. The molecule has 1 N–H and O–H groups in total. The zero-order valence-corrected chi connectivity index (χ0v) is 11.8. The molecule has 2 rings (SSSR count). The summed E-state index contributed by atoms with van der Waals surface area (Å²) in [6.07, 6.45) is 3.84. The summed E-state index contributed by atoms with van der Waals surface area (Å²) >= 11 is 0. The summed E-state index contributed by atoms with van der Waals surface area (Å²) in [6, 6.07) is 9.45. The Hall–Kier alpha value is -0.860. The lowest BCUT2D eigenvalue weighted by molar-refractivity contribution is 0.254. The van der Waals surface area contributed by atoms with E-state index in [4.69, 9.17) is 0 Å². The Morgan fingerprint density at radius 3 is 2.94 bits per heavy atom. The maximum absolute atomic E-state index is 3.67. The fourth-order valence-electron chi connectivity index (χ4n) is 2.79. The number of hydrogen-bond donors (Lipinski definition) is 1. The minimum atomic E-state index is 0.682. The van der Waals surface area contributed by atoms with Gasteiger partial charge >= 0.3 is 0 Å². The van der Waals surface area contributed by atoms with Crippen molar-refractivity contribution in [3.05, 3.63) is 35.4 Å². The number of rotatable bonds is 4. The van der Waals surface area contributed by atoms with Crippen LogP contribution in [0.4, 0.5) is 0 Å². The van der Waals surface area contributed by atoms with Crippen molar-refractivity contribution in [1.29, 1.82) is 0 Å². The third-order valence-corrected chi connectivity index (χ3v) is 3.86. The lowest BCUT2D eigenvalue weighted by Crippen LogP contribution is -2.37. The normalized spacial score (nSPS) is 21.8. The van der Waals surface area contributed by atoms with Crippen LogP contribution in [0.15, 0.2) is 24.3 Å². The van der Waals surface area contributed by atoms with Gasteiger partial charge in [-0.05, 0) is 44.0 Å². The first-order valence-corrected chi connectivity index (χ1v) is 7.30. The molecule has 0 saturated carbocycles. The molecule has 2 nitrogen and oxygen atoms in total. The molecule has 0 aromatic heterocycles. The Labute approximate surface area is 111 Å². The Morgan fingerprint density at radius 1 is 1.33 bits per heavy atom. The SMILES string of the molecule is CCCC1CN(Cc2ccccc2C)CCCN1. The Morgan fingerprint density at radius 2 is 2.17 bits per heavy atom. The van der Waals surface area contributed by atoms with Crippen molar-refractivity contribution in [2.75, 3.05) is 19.6 Å². The summed E-state index contributed by atoms with van der Waals surface area (Å²) in [6.45, 7) is 9.19. The van der Waals surface area contributed by atoms with Crippen LogP contribution in [0.2, 0.25) is 0 Å². The minimum Gasteiger partial charge on any atom is -0.313 e. The number of benzene rings is 1. The molecule has 1 aromatic rings. The van der Waals surface area contributed by atoms with Gasteiger partial charge in [-0.2, -0.15) is 0 Å². The fraction of sp³-hybridized carbons (Fsp3) is 0.625. The van der Waals surface area contributed by atoms with Gasteiger partial charge in [0.05, 0.1) is 0 Å². The highest BCUT2D eigenvalue weighted by Gasteiger charge is 2.17. The van der Waals surface area contributed by atoms with Crippen LogP contribution in [0.25, 0.3) is 0 Å². The van der Waals surface area contributed by atoms with Crippen molar-refractivity contribution in [1.82, 2.24) is 10.2 Å². The van der Waals surface area contributed by atoms with Crippen LogP contribution in [0.3, 0.4) is 0 Å². The number of nitrogens with zero attached hydrogens (tertiary/aromatic N) is 1. The molecule has 0 spiro atoms. The van der Waals surface area contributed by atoms with Gasteiger partial charge in [0.1, 0.15) is 0 Å². The highest BCUT2D eigenvalue weighted by molar-refractivity contribution is 5.25. The largest absolute Gasteiger partial charge is 0.313 e. The van der Waals surface area contributed by atoms with E-state index in [1.807, 2.05) is 0 Å². The predicted octanol–water partition coefficient (Wildman–Crippen LogP) is 2.96. The number of nitrogens with one attached hydrogen (secondary N) is 1. The second kappa shape index (κ2) is 6.91. The van der Waals surface area contributed by atoms with E-state index in [-0.39, 0.29) is 0 Å². The molecule has 1 saturated heterocycles. The lowest BCUT2D eigenvalue weighted by atomic mass is 10.1. The van der Waals surface area contributed by atoms with Crippen LogP contribution in [0.1, 0.15) is 37.3 Å². The number of aryl methyl sites for hydroxylation is 1. The Balaban J connectivity index is 1.97. The molecule has 18 heavy (non-hydrogen) atoms. The third kappa shape index (κ3) is 3.82. The highest BCUT2D eigenvalue weighted by atomic mass is 15.2. The van der Waals surface area contributed by atoms with Crippen LogP contribution in [0, 0.1) is 6.92 Å². The second-order valence-electron chi connectivity index (χ2n) is 5.45. The molecule has 1 fully saturated rings. The molecule has 1 aromatic carbocycles. The molecular weight excluding hydrogens is 220 g/mol. The van der Waals surface area contributed by atoms with Gasteiger partial charge in [0.15, 0.2) is 0 Å². The van der Waals surface area contributed by atoms with Gasteiger partial charge < -0.3 is 5.32 Å². The predicted molar refractivity (Wildman–Crippen MR) is 77.8 cm³/mol. The van der Waals surface area contributed by atoms with Gasteiger partial charge in [-0.15, -0.1) is 0 Å². The summed E-state index contributed by atoms with van der Waals surface area (Å²) in [7, 11) is 0. The standard InChI is InChI=1S/C16H26N2/c1-3-7-16-13-18(11-6-10-17-16)12-15-9-5-4-8-14(15)2/h4-5,8-9,16-17H,3,6-7,10-13H2,1-2H3. The van der Waals surface area contributed by atoms with Crippen molar-refractivity contribution in [3.63, 3.8) is 0 Å². The van der Waals surface area contributed by atoms with Crippen LogP contribution in [0.5, 0.6) is 0 Å². The van der Waals surface area contributed by atoms with Crippen LogP contribution < -0.4 is 5.32 Å². The van der Waals surface area contributed by atoms with Crippen molar-refractivity contribution >= 4 is 0 Å². The monoisotopic (exact) mass is 246 g/mol. The first kappa shape index (κ1) is 13.6. The zero-order valence-electron chi connectivity index (χ0n) is 11.8. The molecule has 1 heterocycles. The van der Waals surface area contributed by atoms with Crippen LogP contribution in [-0.2, 0) is 6.54 Å². The van der Waals surface area contributed by atoms with E-state index in [1.54, 1.807) is 0 Å². The zero-order chi connectivity index (χ0) is 12.8. The van der Waals surface area contributed by atoms with Gasteiger partial charge in [-0.3, -0.25) is 4.90 Å². The van der Waals surface area contributed by atoms with Gasteiger partial charge in [0, 0.05) is 19.1 Å². The Bertz CT molecular complexity index is 362.